The Labute approximate surface area is 129 Å². The second kappa shape index (κ2) is 6.07. The van der Waals surface area contributed by atoms with Crippen LogP contribution < -0.4 is 16.4 Å². The molecule has 3 rings (SSSR count). The fourth-order valence-electron chi connectivity index (χ4n) is 2.57. The molecule has 4 N–H and O–H groups in total. The third-order valence-corrected chi connectivity index (χ3v) is 3.83. The van der Waals surface area contributed by atoms with Crippen molar-refractivity contribution in [2.75, 3.05) is 42.7 Å². The van der Waals surface area contributed by atoms with Crippen molar-refractivity contribution in [1.29, 1.82) is 0 Å². The molecule has 1 fully saturated rings. The van der Waals surface area contributed by atoms with Crippen LogP contribution in [0, 0.1) is 0 Å². The second-order valence-electron chi connectivity index (χ2n) is 5.32. The van der Waals surface area contributed by atoms with Gasteiger partial charge in [0, 0.05) is 41.3 Å². The van der Waals surface area contributed by atoms with Crippen molar-refractivity contribution in [3.05, 3.63) is 53.6 Å². The number of rotatable bonds is 3. The highest BCUT2D eigenvalue weighted by atomic mass is 16.5. The van der Waals surface area contributed by atoms with Gasteiger partial charge in [0.15, 0.2) is 5.78 Å². The van der Waals surface area contributed by atoms with Crippen LogP contribution >= 0.6 is 0 Å². The molecule has 0 aliphatic carbocycles. The zero-order valence-corrected chi connectivity index (χ0v) is 12.3. The summed E-state index contributed by atoms with van der Waals surface area (Å²) < 4.78 is 5.34. The number of anilines is 3. The summed E-state index contributed by atoms with van der Waals surface area (Å²) >= 11 is 0. The number of nitrogens with two attached hydrogens (primary N) is 2. The number of carbonyl (C=O) groups excluding carboxylic acids is 1. The molecule has 1 saturated heterocycles. The first kappa shape index (κ1) is 14.4. The Morgan fingerprint density at radius 1 is 1.00 bits per heavy atom. The molecule has 2 aromatic carbocycles. The Hall–Kier alpha value is -2.53. The summed E-state index contributed by atoms with van der Waals surface area (Å²) in [5, 5.41) is 0. The lowest BCUT2D eigenvalue weighted by Crippen LogP contribution is -2.36. The summed E-state index contributed by atoms with van der Waals surface area (Å²) in [5.41, 5.74) is 15.0. The fraction of sp³-hybridized carbons (Fsp3) is 0.235. The molecule has 1 heterocycles. The molecule has 5 nitrogen and oxygen atoms in total. The average Bonchev–Trinajstić information content (AvgIpc) is 2.56. The Bertz CT molecular complexity index is 677. The van der Waals surface area contributed by atoms with Crippen molar-refractivity contribution < 1.29 is 9.53 Å². The Morgan fingerprint density at radius 3 is 2.32 bits per heavy atom. The predicted molar refractivity (Wildman–Crippen MR) is 88.2 cm³/mol. The minimum atomic E-state index is -0.0916. The minimum absolute atomic E-state index is 0.0916. The number of carbonyl (C=O) groups is 1. The summed E-state index contributed by atoms with van der Waals surface area (Å²) in [6.45, 7) is 3.10. The largest absolute Gasteiger partial charge is 0.399 e. The fourth-order valence-corrected chi connectivity index (χ4v) is 2.57. The van der Waals surface area contributed by atoms with Gasteiger partial charge in [0.25, 0.3) is 0 Å². The van der Waals surface area contributed by atoms with Crippen LogP contribution in [0.5, 0.6) is 0 Å². The van der Waals surface area contributed by atoms with Crippen LogP contribution in [0.1, 0.15) is 15.9 Å². The number of nitrogens with zero attached hydrogens (tertiary/aromatic N) is 1. The lowest BCUT2D eigenvalue weighted by atomic mass is 10.0. The molecule has 114 valence electrons. The van der Waals surface area contributed by atoms with Gasteiger partial charge in [-0.05, 0) is 42.5 Å². The second-order valence-corrected chi connectivity index (χ2v) is 5.32. The van der Waals surface area contributed by atoms with Crippen molar-refractivity contribution in [2.24, 2.45) is 0 Å². The maximum absolute atomic E-state index is 12.5. The maximum Gasteiger partial charge on any atom is 0.195 e. The maximum atomic E-state index is 12.5. The van der Waals surface area contributed by atoms with Gasteiger partial charge in [-0.2, -0.15) is 0 Å². The van der Waals surface area contributed by atoms with Crippen LogP contribution in [0.25, 0.3) is 0 Å². The number of nitrogen functional groups attached to an aromatic ring is 2. The average molecular weight is 297 g/mol. The monoisotopic (exact) mass is 297 g/mol. The molecule has 5 heteroatoms. The van der Waals surface area contributed by atoms with Crippen LogP contribution in [0.2, 0.25) is 0 Å². The van der Waals surface area contributed by atoms with Crippen LogP contribution in [0.15, 0.2) is 42.5 Å². The summed E-state index contributed by atoms with van der Waals surface area (Å²) in [4.78, 5) is 14.7. The summed E-state index contributed by atoms with van der Waals surface area (Å²) in [6, 6.07) is 12.4. The molecule has 1 aliphatic heterocycles. The van der Waals surface area contributed by atoms with E-state index < -0.39 is 0 Å². The van der Waals surface area contributed by atoms with Crippen molar-refractivity contribution in [3.8, 4) is 0 Å². The standard InChI is InChI=1S/C17H19N3O2/c18-13-3-1-12(2-4-13)17(21)15-6-5-14(11-16(15)19)20-7-9-22-10-8-20/h1-6,11H,7-10,18-19H2. The minimum Gasteiger partial charge on any atom is -0.399 e. The quantitative estimate of drug-likeness (QED) is 0.668. The zero-order chi connectivity index (χ0) is 15.5. The van der Waals surface area contributed by atoms with E-state index in [4.69, 9.17) is 16.2 Å². The van der Waals surface area contributed by atoms with Gasteiger partial charge in [-0.25, -0.2) is 0 Å². The molecule has 1 aliphatic rings. The highest BCUT2D eigenvalue weighted by Crippen LogP contribution is 2.24. The van der Waals surface area contributed by atoms with Crippen LogP contribution in [-0.2, 0) is 4.74 Å². The van der Waals surface area contributed by atoms with E-state index >= 15 is 0 Å². The van der Waals surface area contributed by atoms with E-state index in [9.17, 15) is 4.79 Å². The van der Waals surface area contributed by atoms with E-state index in [2.05, 4.69) is 4.90 Å². The van der Waals surface area contributed by atoms with Crippen LogP contribution in [0.3, 0.4) is 0 Å². The van der Waals surface area contributed by atoms with Gasteiger partial charge in [-0.1, -0.05) is 0 Å². The van der Waals surface area contributed by atoms with Crippen molar-refractivity contribution in [1.82, 2.24) is 0 Å². The van der Waals surface area contributed by atoms with Gasteiger partial charge in [0.1, 0.15) is 0 Å². The lowest BCUT2D eigenvalue weighted by molar-refractivity contribution is 0.103. The van der Waals surface area contributed by atoms with E-state index in [-0.39, 0.29) is 5.78 Å². The normalized spacial score (nSPS) is 14.8. The number of ketones is 1. The van der Waals surface area contributed by atoms with Crippen LogP contribution in [-0.4, -0.2) is 32.1 Å². The molecule has 0 amide bonds. The van der Waals surface area contributed by atoms with E-state index in [0.717, 1.165) is 18.8 Å². The molecule has 0 radical (unpaired) electrons. The van der Waals surface area contributed by atoms with Crippen molar-refractivity contribution in [2.45, 2.75) is 0 Å². The van der Waals surface area contributed by atoms with Gasteiger partial charge < -0.3 is 21.1 Å². The van der Waals surface area contributed by atoms with E-state index in [1.807, 2.05) is 12.1 Å². The molecule has 22 heavy (non-hydrogen) atoms. The van der Waals surface area contributed by atoms with Crippen molar-refractivity contribution in [3.63, 3.8) is 0 Å². The number of morpholine rings is 1. The summed E-state index contributed by atoms with van der Waals surface area (Å²) in [5.74, 6) is -0.0916. The molecule has 0 unspecified atom stereocenters. The third-order valence-electron chi connectivity index (χ3n) is 3.83. The molecule has 0 bridgehead atoms. The number of hydrogen-bond donors (Lipinski definition) is 2. The zero-order valence-electron chi connectivity index (χ0n) is 12.3. The number of ether oxygens (including phenoxy) is 1. The summed E-state index contributed by atoms with van der Waals surface area (Å²) in [7, 11) is 0. The Balaban J connectivity index is 1.85. The van der Waals surface area contributed by atoms with E-state index in [0.29, 0.717) is 35.7 Å². The SMILES string of the molecule is Nc1ccc(C(=O)c2ccc(N3CCOCC3)cc2N)cc1. The van der Waals surface area contributed by atoms with E-state index in [1.54, 1.807) is 30.3 Å². The molecule has 0 saturated carbocycles. The number of benzene rings is 2. The first-order valence-corrected chi connectivity index (χ1v) is 7.27. The molecule has 0 aromatic heterocycles. The first-order chi connectivity index (χ1) is 10.6. The number of hydrogen-bond acceptors (Lipinski definition) is 5. The molecular weight excluding hydrogens is 278 g/mol. The first-order valence-electron chi connectivity index (χ1n) is 7.27. The third kappa shape index (κ3) is 2.89. The lowest BCUT2D eigenvalue weighted by Gasteiger charge is -2.29. The van der Waals surface area contributed by atoms with Gasteiger partial charge in [0.2, 0.25) is 0 Å². The van der Waals surface area contributed by atoms with Crippen LogP contribution in [0.4, 0.5) is 17.1 Å². The molecule has 2 aromatic rings. The molecule has 0 spiro atoms. The topological polar surface area (TPSA) is 81.6 Å². The Morgan fingerprint density at radius 2 is 1.68 bits per heavy atom. The summed E-state index contributed by atoms with van der Waals surface area (Å²) in [6.07, 6.45) is 0. The van der Waals surface area contributed by atoms with Gasteiger partial charge >= 0.3 is 0 Å². The highest BCUT2D eigenvalue weighted by Gasteiger charge is 2.16. The predicted octanol–water partition coefficient (Wildman–Crippen LogP) is 1.92. The smallest absolute Gasteiger partial charge is 0.195 e. The van der Waals surface area contributed by atoms with Crippen molar-refractivity contribution >= 4 is 22.8 Å². The van der Waals surface area contributed by atoms with E-state index in [1.165, 1.54) is 0 Å². The molecular formula is C17H19N3O2. The highest BCUT2D eigenvalue weighted by molar-refractivity contribution is 6.12. The molecule has 0 atom stereocenters. The van der Waals surface area contributed by atoms with Gasteiger partial charge in [-0.3, -0.25) is 4.79 Å². The van der Waals surface area contributed by atoms with Gasteiger partial charge in [0.05, 0.1) is 13.2 Å². The van der Waals surface area contributed by atoms with Gasteiger partial charge in [-0.15, -0.1) is 0 Å². The Kier molecular flexibility index (Phi) is 3.98.